The Balaban J connectivity index is 0.00000420. The summed E-state index contributed by atoms with van der Waals surface area (Å²) in [5.74, 6) is 1.21. The maximum absolute atomic E-state index is 12.9. The molecule has 0 saturated carbocycles. The van der Waals surface area contributed by atoms with E-state index in [1.165, 1.54) is 23.4 Å². The number of ether oxygens (including phenoxy) is 1. The molecule has 2 rings (SSSR count). The number of nitrogens with zero attached hydrogens (tertiary/aromatic N) is 3. The highest BCUT2D eigenvalue weighted by Crippen LogP contribution is 2.14. The van der Waals surface area contributed by atoms with Crippen LogP contribution in [-0.4, -0.2) is 41.5 Å². The van der Waals surface area contributed by atoms with Gasteiger partial charge in [-0.05, 0) is 63.9 Å². The lowest BCUT2D eigenvalue weighted by molar-refractivity contribution is 0.313. The normalized spacial score (nSPS) is 12.3. The highest BCUT2D eigenvalue weighted by Gasteiger charge is 2.13. The summed E-state index contributed by atoms with van der Waals surface area (Å²) < 4.78 is 20.4. The van der Waals surface area contributed by atoms with Crippen molar-refractivity contribution < 1.29 is 9.13 Å². The third-order valence-electron chi connectivity index (χ3n) is 4.55. The topological polar surface area (TPSA) is 63.5 Å². The van der Waals surface area contributed by atoms with Gasteiger partial charge in [-0.1, -0.05) is 0 Å². The highest BCUT2D eigenvalue weighted by atomic mass is 127. The van der Waals surface area contributed by atoms with Gasteiger partial charge in [-0.2, -0.15) is 5.10 Å². The smallest absolute Gasteiger partial charge is 0.191 e. The Kier molecular flexibility index (Phi) is 11.0. The fourth-order valence-corrected chi connectivity index (χ4v) is 3.00. The molecule has 6 nitrogen and oxygen atoms in total. The number of hydrogen-bond acceptors (Lipinski definition) is 3. The number of benzene rings is 1. The van der Waals surface area contributed by atoms with Crippen LogP contribution in [0.2, 0.25) is 0 Å². The molecule has 0 radical (unpaired) electrons. The van der Waals surface area contributed by atoms with Crippen molar-refractivity contribution in [1.29, 1.82) is 0 Å². The molecule has 1 unspecified atom stereocenters. The average molecular weight is 517 g/mol. The fourth-order valence-electron chi connectivity index (χ4n) is 3.00. The molecule has 8 heteroatoms. The molecule has 1 atom stereocenters. The number of aryl methyl sites for hydroxylation is 2. The van der Waals surface area contributed by atoms with E-state index in [-0.39, 0.29) is 35.8 Å². The number of guanidine groups is 1. The van der Waals surface area contributed by atoms with Gasteiger partial charge in [-0.3, -0.25) is 9.67 Å². The van der Waals surface area contributed by atoms with E-state index in [0.717, 1.165) is 31.0 Å². The Morgan fingerprint density at radius 1 is 1.28 bits per heavy atom. The van der Waals surface area contributed by atoms with E-state index in [2.05, 4.69) is 48.4 Å². The maximum atomic E-state index is 12.9. The molecule has 0 amide bonds. The summed E-state index contributed by atoms with van der Waals surface area (Å²) in [7, 11) is 1.98. The molecule has 0 fully saturated rings. The predicted molar refractivity (Wildman–Crippen MR) is 127 cm³/mol. The zero-order valence-electron chi connectivity index (χ0n) is 18.0. The average Bonchev–Trinajstić information content (AvgIpc) is 2.89. The van der Waals surface area contributed by atoms with Crippen LogP contribution >= 0.6 is 24.0 Å². The van der Waals surface area contributed by atoms with E-state index in [0.29, 0.717) is 18.9 Å². The summed E-state index contributed by atoms with van der Waals surface area (Å²) >= 11 is 0. The molecule has 0 saturated heterocycles. The van der Waals surface area contributed by atoms with Gasteiger partial charge in [-0.25, -0.2) is 4.39 Å². The number of halogens is 2. The number of rotatable bonds is 9. The molecule has 2 aromatic rings. The van der Waals surface area contributed by atoms with Crippen LogP contribution in [0.5, 0.6) is 5.75 Å². The van der Waals surface area contributed by atoms with Crippen LogP contribution in [0.25, 0.3) is 0 Å². The molecule has 162 valence electrons. The second-order valence-corrected chi connectivity index (χ2v) is 6.94. The van der Waals surface area contributed by atoms with Gasteiger partial charge in [0.05, 0.1) is 12.3 Å². The van der Waals surface area contributed by atoms with Crippen molar-refractivity contribution in [1.82, 2.24) is 20.4 Å². The van der Waals surface area contributed by atoms with Gasteiger partial charge < -0.3 is 15.4 Å². The first-order valence-electron chi connectivity index (χ1n) is 9.83. The van der Waals surface area contributed by atoms with Crippen LogP contribution in [0.4, 0.5) is 4.39 Å². The molecule has 0 spiro atoms. The third kappa shape index (κ3) is 8.20. The van der Waals surface area contributed by atoms with E-state index >= 15 is 0 Å². The second-order valence-electron chi connectivity index (χ2n) is 6.94. The minimum absolute atomic E-state index is 0. The number of aromatic nitrogens is 2. The second kappa shape index (κ2) is 12.7. The van der Waals surface area contributed by atoms with Crippen LogP contribution < -0.4 is 15.4 Å². The maximum Gasteiger partial charge on any atom is 0.191 e. The van der Waals surface area contributed by atoms with Gasteiger partial charge in [0.25, 0.3) is 0 Å². The molecule has 29 heavy (non-hydrogen) atoms. The molecule has 0 aliphatic carbocycles. The van der Waals surface area contributed by atoms with E-state index in [9.17, 15) is 4.39 Å². The minimum atomic E-state index is -0.260. The molecule has 1 heterocycles. The largest absolute Gasteiger partial charge is 0.494 e. The summed E-state index contributed by atoms with van der Waals surface area (Å²) in [4.78, 5) is 4.62. The summed E-state index contributed by atoms with van der Waals surface area (Å²) in [5.41, 5.74) is 3.56. The van der Waals surface area contributed by atoms with Gasteiger partial charge in [0, 0.05) is 38.3 Å². The molecule has 0 aliphatic rings. The van der Waals surface area contributed by atoms with Crippen LogP contribution in [-0.2, 0) is 13.5 Å². The van der Waals surface area contributed by atoms with Crippen LogP contribution in [0.15, 0.2) is 29.3 Å². The summed E-state index contributed by atoms with van der Waals surface area (Å²) in [6.07, 6.45) is 1.67. The fraction of sp³-hybridized carbons (Fsp3) is 0.524. The Hall–Kier alpha value is -1.84. The van der Waals surface area contributed by atoms with Gasteiger partial charge in [-0.15, -0.1) is 24.0 Å². The predicted octanol–water partition coefficient (Wildman–Crippen LogP) is 3.75. The van der Waals surface area contributed by atoms with Gasteiger partial charge in [0.2, 0.25) is 0 Å². The molecular weight excluding hydrogens is 484 g/mol. The van der Waals surface area contributed by atoms with Gasteiger partial charge >= 0.3 is 0 Å². The monoisotopic (exact) mass is 517 g/mol. The standard InChI is InChI=1S/C21H32FN5O.HI/c1-6-23-21(24-12-7-13-28-19-10-8-18(22)9-11-19)25-15(2)14-20-16(3)26-27(5)17(20)4;/h8-11,15H,6-7,12-14H2,1-5H3,(H2,23,24,25);1H. The number of aliphatic imine (C=N–C) groups is 1. The Bertz CT molecular complexity index is 776. The zero-order chi connectivity index (χ0) is 20.5. The van der Waals surface area contributed by atoms with Crippen LogP contribution in [0.1, 0.15) is 37.2 Å². The first kappa shape index (κ1) is 25.2. The first-order valence-corrected chi connectivity index (χ1v) is 9.83. The lowest BCUT2D eigenvalue weighted by Gasteiger charge is -2.18. The summed E-state index contributed by atoms with van der Waals surface area (Å²) in [5, 5.41) is 11.2. The minimum Gasteiger partial charge on any atom is -0.494 e. The van der Waals surface area contributed by atoms with E-state index in [1.807, 2.05) is 11.7 Å². The lowest BCUT2D eigenvalue weighted by atomic mass is 10.1. The molecule has 1 aromatic heterocycles. The van der Waals surface area contributed by atoms with E-state index in [1.54, 1.807) is 12.1 Å². The Morgan fingerprint density at radius 3 is 2.55 bits per heavy atom. The molecular formula is C21H33FIN5O. The molecule has 2 N–H and O–H groups in total. The van der Waals surface area contributed by atoms with E-state index in [4.69, 9.17) is 4.74 Å². The van der Waals surface area contributed by atoms with Crippen molar-refractivity contribution in [3.63, 3.8) is 0 Å². The third-order valence-corrected chi connectivity index (χ3v) is 4.55. The highest BCUT2D eigenvalue weighted by molar-refractivity contribution is 14.0. The SMILES string of the molecule is CCNC(=NCCCOc1ccc(F)cc1)NC(C)Cc1c(C)nn(C)c1C.I. The summed E-state index contributed by atoms with van der Waals surface area (Å²) in [6.45, 7) is 10.3. The Labute approximate surface area is 190 Å². The summed E-state index contributed by atoms with van der Waals surface area (Å²) in [6, 6.07) is 6.29. The van der Waals surface area contributed by atoms with E-state index < -0.39 is 0 Å². The van der Waals surface area contributed by atoms with Gasteiger partial charge in [0.15, 0.2) is 5.96 Å². The van der Waals surface area contributed by atoms with Crippen LogP contribution in [0, 0.1) is 19.7 Å². The number of nitrogens with one attached hydrogen (secondary N) is 2. The van der Waals surface area contributed by atoms with Crippen molar-refractivity contribution in [3.8, 4) is 5.75 Å². The molecule has 1 aromatic carbocycles. The first-order chi connectivity index (χ1) is 13.4. The number of hydrogen-bond donors (Lipinski definition) is 2. The lowest BCUT2D eigenvalue weighted by Crippen LogP contribution is -2.43. The zero-order valence-corrected chi connectivity index (χ0v) is 20.3. The van der Waals surface area contributed by atoms with Crippen molar-refractivity contribution in [2.45, 2.75) is 46.6 Å². The van der Waals surface area contributed by atoms with Crippen molar-refractivity contribution in [2.24, 2.45) is 12.0 Å². The molecule has 0 bridgehead atoms. The quantitative estimate of drug-likeness (QED) is 0.230. The molecule has 0 aliphatic heterocycles. The van der Waals surface area contributed by atoms with Crippen LogP contribution in [0.3, 0.4) is 0 Å². The van der Waals surface area contributed by atoms with Crippen molar-refractivity contribution in [3.05, 3.63) is 47.0 Å². The van der Waals surface area contributed by atoms with Gasteiger partial charge in [0.1, 0.15) is 11.6 Å². The Morgan fingerprint density at radius 2 is 1.97 bits per heavy atom. The van der Waals surface area contributed by atoms with Crippen molar-refractivity contribution >= 4 is 29.9 Å². The van der Waals surface area contributed by atoms with Crippen molar-refractivity contribution in [2.75, 3.05) is 19.7 Å².